The molecule has 2 rings (SSSR count). The summed E-state index contributed by atoms with van der Waals surface area (Å²) >= 11 is 0. The summed E-state index contributed by atoms with van der Waals surface area (Å²) in [4.78, 5) is 0. The summed E-state index contributed by atoms with van der Waals surface area (Å²) in [5.74, 6) is 1.92. The second-order valence-corrected chi connectivity index (χ2v) is 3.69. The van der Waals surface area contributed by atoms with E-state index in [4.69, 9.17) is 14.4 Å². The van der Waals surface area contributed by atoms with E-state index in [1.54, 1.807) is 12.1 Å². The zero-order chi connectivity index (χ0) is 12.8. The number of nitriles is 1. The van der Waals surface area contributed by atoms with Crippen LogP contribution in [0.5, 0.6) is 5.75 Å². The van der Waals surface area contributed by atoms with Gasteiger partial charge in [-0.3, -0.25) is 0 Å². The lowest BCUT2D eigenvalue weighted by molar-refractivity contribution is 0.340. The molecule has 0 saturated carbocycles. The summed E-state index contributed by atoms with van der Waals surface area (Å²) in [6, 6.07) is 13.1. The van der Waals surface area contributed by atoms with Gasteiger partial charge >= 0.3 is 0 Å². The third kappa shape index (κ3) is 3.05. The SMILES string of the molecule is CCOc1ccc(NCc2ccc(C#N)o2)cc1. The highest BCUT2D eigenvalue weighted by atomic mass is 16.5. The molecule has 4 heteroatoms. The molecular weight excluding hydrogens is 228 g/mol. The Balaban J connectivity index is 1.91. The number of benzene rings is 1. The molecule has 0 atom stereocenters. The standard InChI is InChI=1S/C14H14N2O2/c1-2-17-12-5-3-11(4-6-12)16-10-14-8-7-13(9-15)18-14/h3-8,16H,2,10H2,1H3. The van der Waals surface area contributed by atoms with Crippen LogP contribution >= 0.6 is 0 Å². The number of nitrogens with zero attached hydrogens (tertiary/aromatic N) is 1. The first kappa shape index (κ1) is 12.1. The van der Waals surface area contributed by atoms with E-state index in [0.29, 0.717) is 18.9 Å². The molecule has 0 aliphatic rings. The van der Waals surface area contributed by atoms with Crippen LogP contribution in [0.4, 0.5) is 5.69 Å². The fraction of sp³-hybridized carbons (Fsp3) is 0.214. The number of anilines is 1. The molecule has 0 unspecified atom stereocenters. The molecule has 2 aromatic rings. The summed E-state index contributed by atoms with van der Waals surface area (Å²) < 4.78 is 10.6. The number of rotatable bonds is 5. The quantitative estimate of drug-likeness (QED) is 0.874. The number of ether oxygens (including phenoxy) is 1. The first-order valence-electron chi connectivity index (χ1n) is 5.77. The van der Waals surface area contributed by atoms with Crippen molar-refractivity contribution in [3.05, 3.63) is 47.9 Å². The monoisotopic (exact) mass is 242 g/mol. The fourth-order valence-electron chi connectivity index (χ4n) is 1.56. The van der Waals surface area contributed by atoms with Crippen molar-refractivity contribution >= 4 is 5.69 Å². The van der Waals surface area contributed by atoms with Crippen LogP contribution in [-0.2, 0) is 6.54 Å². The van der Waals surface area contributed by atoms with Crippen LogP contribution in [0.2, 0.25) is 0 Å². The highest BCUT2D eigenvalue weighted by Gasteiger charge is 2.01. The van der Waals surface area contributed by atoms with E-state index in [2.05, 4.69) is 5.32 Å². The number of hydrogen-bond acceptors (Lipinski definition) is 4. The van der Waals surface area contributed by atoms with Crippen molar-refractivity contribution in [1.29, 1.82) is 5.26 Å². The largest absolute Gasteiger partial charge is 0.494 e. The van der Waals surface area contributed by atoms with Gasteiger partial charge in [-0.05, 0) is 43.3 Å². The molecule has 0 radical (unpaired) electrons. The molecule has 0 aliphatic carbocycles. The molecule has 0 bridgehead atoms. The third-order valence-corrected chi connectivity index (χ3v) is 2.40. The molecule has 0 amide bonds. The van der Waals surface area contributed by atoms with Gasteiger partial charge in [-0.15, -0.1) is 0 Å². The molecule has 1 aromatic heterocycles. The lowest BCUT2D eigenvalue weighted by Gasteiger charge is -2.06. The van der Waals surface area contributed by atoms with Crippen molar-refractivity contribution in [2.45, 2.75) is 13.5 Å². The molecule has 0 saturated heterocycles. The summed E-state index contributed by atoms with van der Waals surface area (Å²) in [7, 11) is 0. The van der Waals surface area contributed by atoms with Gasteiger partial charge in [0.15, 0.2) is 0 Å². The average molecular weight is 242 g/mol. The van der Waals surface area contributed by atoms with Gasteiger partial charge in [0.05, 0.1) is 13.2 Å². The van der Waals surface area contributed by atoms with Gasteiger partial charge in [0.2, 0.25) is 5.76 Å². The minimum Gasteiger partial charge on any atom is -0.494 e. The Hall–Kier alpha value is -2.41. The van der Waals surface area contributed by atoms with E-state index in [9.17, 15) is 0 Å². The van der Waals surface area contributed by atoms with Gasteiger partial charge in [0.1, 0.15) is 17.6 Å². The molecule has 1 heterocycles. The second kappa shape index (κ2) is 5.78. The summed E-state index contributed by atoms with van der Waals surface area (Å²) in [5, 5.41) is 11.8. The Labute approximate surface area is 106 Å². The third-order valence-electron chi connectivity index (χ3n) is 2.40. The summed E-state index contributed by atoms with van der Waals surface area (Å²) in [6.07, 6.45) is 0. The minimum absolute atomic E-state index is 0.332. The molecule has 0 fully saturated rings. The van der Waals surface area contributed by atoms with Crippen molar-refractivity contribution in [3.63, 3.8) is 0 Å². The average Bonchev–Trinajstić information content (AvgIpc) is 2.86. The van der Waals surface area contributed by atoms with Gasteiger partial charge in [0, 0.05) is 5.69 Å². The van der Waals surface area contributed by atoms with Crippen molar-refractivity contribution in [1.82, 2.24) is 0 Å². The van der Waals surface area contributed by atoms with Crippen molar-refractivity contribution in [3.8, 4) is 11.8 Å². The van der Waals surface area contributed by atoms with Crippen LogP contribution < -0.4 is 10.1 Å². The molecule has 92 valence electrons. The zero-order valence-corrected chi connectivity index (χ0v) is 10.1. The normalized spacial score (nSPS) is 9.78. The Morgan fingerprint density at radius 2 is 2.00 bits per heavy atom. The number of furan rings is 1. The maximum atomic E-state index is 8.64. The Bertz CT molecular complexity index is 538. The lowest BCUT2D eigenvalue weighted by Crippen LogP contribution is -1.98. The molecule has 18 heavy (non-hydrogen) atoms. The van der Waals surface area contributed by atoms with Crippen molar-refractivity contribution in [2.75, 3.05) is 11.9 Å². The number of nitrogens with one attached hydrogen (secondary N) is 1. The summed E-state index contributed by atoms with van der Waals surface area (Å²) in [5.41, 5.74) is 0.980. The van der Waals surface area contributed by atoms with Gasteiger partial charge < -0.3 is 14.5 Å². The zero-order valence-electron chi connectivity index (χ0n) is 10.1. The molecular formula is C14H14N2O2. The second-order valence-electron chi connectivity index (χ2n) is 3.69. The van der Waals surface area contributed by atoms with Gasteiger partial charge in [-0.1, -0.05) is 0 Å². The van der Waals surface area contributed by atoms with E-state index in [0.717, 1.165) is 17.2 Å². The first-order chi connectivity index (χ1) is 8.81. The van der Waals surface area contributed by atoms with E-state index < -0.39 is 0 Å². The minimum atomic E-state index is 0.332. The van der Waals surface area contributed by atoms with Crippen molar-refractivity contribution in [2.24, 2.45) is 0 Å². The topological polar surface area (TPSA) is 58.2 Å². The smallest absolute Gasteiger partial charge is 0.203 e. The van der Waals surface area contributed by atoms with Crippen LogP contribution in [0, 0.1) is 11.3 Å². The summed E-state index contributed by atoms with van der Waals surface area (Å²) in [6.45, 7) is 3.17. The van der Waals surface area contributed by atoms with E-state index >= 15 is 0 Å². The van der Waals surface area contributed by atoms with Crippen molar-refractivity contribution < 1.29 is 9.15 Å². The van der Waals surface area contributed by atoms with Crippen LogP contribution in [0.15, 0.2) is 40.8 Å². The predicted octanol–water partition coefficient (Wildman–Crippen LogP) is 3.16. The van der Waals surface area contributed by atoms with Crippen LogP contribution in [-0.4, -0.2) is 6.61 Å². The van der Waals surface area contributed by atoms with Gasteiger partial charge in [-0.2, -0.15) is 5.26 Å². The Morgan fingerprint density at radius 3 is 2.61 bits per heavy atom. The maximum absolute atomic E-state index is 8.64. The van der Waals surface area contributed by atoms with Crippen LogP contribution in [0.3, 0.4) is 0 Å². The maximum Gasteiger partial charge on any atom is 0.203 e. The molecule has 1 aromatic carbocycles. The Kier molecular flexibility index (Phi) is 3.87. The van der Waals surface area contributed by atoms with E-state index in [-0.39, 0.29) is 0 Å². The first-order valence-corrected chi connectivity index (χ1v) is 5.77. The van der Waals surface area contributed by atoms with E-state index in [1.165, 1.54) is 0 Å². The molecule has 1 N–H and O–H groups in total. The highest BCUT2D eigenvalue weighted by Crippen LogP contribution is 2.16. The lowest BCUT2D eigenvalue weighted by atomic mass is 10.3. The Morgan fingerprint density at radius 1 is 1.22 bits per heavy atom. The highest BCUT2D eigenvalue weighted by molar-refractivity contribution is 5.46. The predicted molar refractivity (Wildman–Crippen MR) is 68.4 cm³/mol. The van der Waals surface area contributed by atoms with Gasteiger partial charge in [0.25, 0.3) is 0 Å². The molecule has 0 aliphatic heterocycles. The van der Waals surface area contributed by atoms with Crippen LogP contribution in [0.1, 0.15) is 18.4 Å². The fourth-order valence-corrected chi connectivity index (χ4v) is 1.56. The van der Waals surface area contributed by atoms with E-state index in [1.807, 2.05) is 37.3 Å². The van der Waals surface area contributed by atoms with Crippen LogP contribution in [0.25, 0.3) is 0 Å². The van der Waals surface area contributed by atoms with Gasteiger partial charge in [-0.25, -0.2) is 0 Å². The number of hydrogen-bond donors (Lipinski definition) is 1. The molecule has 0 spiro atoms. The molecule has 4 nitrogen and oxygen atoms in total.